The van der Waals surface area contributed by atoms with Gasteiger partial charge in [-0.05, 0) is 31.5 Å². The zero-order valence-electron chi connectivity index (χ0n) is 17.7. The minimum atomic E-state index is -1.46. The van der Waals surface area contributed by atoms with Crippen LogP contribution >= 0.6 is 11.8 Å². The summed E-state index contributed by atoms with van der Waals surface area (Å²) in [6.07, 6.45) is 0.0955. The standard InChI is InChI=1S/C24H24N2O4S/c1-4-30-20-10-7-16(11-21(20)29-3)18-12-22(27)26-23(19(18)13-25)31-14-24(26,28)17-8-5-15(2)6-9-17/h5-11,18,28H,4,12,14H2,1-3H3/t18-,24+/m1/s1. The molecule has 2 aliphatic heterocycles. The van der Waals surface area contributed by atoms with Crippen molar-refractivity contribution >= 4 is 17.7 Å². The van der Waals surface area contributed by atoms with Gasteiger partial charge in [0.2, 0.25) is 5.91 Å². The minimum absolute atomic E-state index is 0.0955. The van der Waals surface area contributed by atoms with E-state index >= 15 is 0 Å². The number of ether oxygens (including phenoxy) is 2. The summed E-state index contributed by atoms with van der Waals surface area (Å²) in [6, 6.07) is 15.3. The Morgan fingerprint density at radius 3 is 2.65 bits per heavy atom. The highest BCUT2D eigenvalue weighted by Gasteiger charge is 2.51. The number of allylic oxidation sites excluding steroid dienone is 1. The number of nitrogens with zero attached hydrogens (tertiary/aromatic N) is 2. The molecule has 0 unspecified atom stereocenters. The Morgan fingerprint density at radius 2 is 2.00 bits per heavy atom. The topological polar surface area (TPSA) is 82.8 Å². The Labute approximate surface area is 186 Å². The van der Waals surface area contributed by atoms with Gasteiger partial charge in [-0.25, -0.2) is 0 Å². The van der Waals surface area contributed by atoms with Crippen molar-refractivity contribution in [1.29, 1.82) is 5.26 Å². The van der Waals surface area contributed by atoms with Gasteiger partial charge in [-0.2, -0.15) is 5.26 Å². The summed E-state index contributed by atoms with van der Waals surface area (Å²) < 4.78 is 11.0. The molecule has 2 aliphatic rings. The summed E-state index contributed by atoms with van der Waals surface area (Å²) >= 11 is 1.34. The Morgan fingerprint density at radius 1 is 1.26 bits per heavy atom. The number of nitriles is 1. The van der Waals surface area contributed by atoms with Crippen molar-refractivity contribution < 1.29 is 19.4 Å². The van der Waals surface area contributed by atoms with Crippen molar-refractivity contribution in [2.75, 3.05) is 19.5 Å². The summed E-state index contributed by atoms with van der Waals surface area (Å²) in [5, 5.41) is 22.0. The van der Waals surface area contributed by atoms with Gasteiger partial charge < -0.3 is 14.6 Å². The first kappa shape index (κ1) is 21.3. The molecule has 1 N–H and O–H groups in total. The lowest BCUT2D eigenvalue weighted by Gasteiger charge is -2.38. The van der Waals surface area contributed by atoms with E-state index in [1.54, 1.807) is 13.2 Å². The maximum Gasteiger partial charge on any atom is 0.231 e. The van der Waals surface area contributed by atoms with E-state index < -0.39 is 11.6 Å². The van der Waals surface area contributed by atoms with Gasteiger partial charge in [0, 0.05) is 17.9 Å². The number of aliphatic hydroxyl groups is 1. The second-order valence-electron chi connectivity index (χ2n) is 7.63. The number of methoxy groups -OCH3 is 1. The van der Waals surface area contributed by atoms with Gasteiger partial charge >= 0.3 is 0 Å². The Hall–Kier alpha value is -2.95. The van der Waals surface area contributed by atoms with Gasteiger partial charge in [-0.15, -0.1) is 11.8 Å². The molecular formula is C24H24N2O4S. The van der Waals surface area contributed by atoms with Crippen molar-refractivity contribution in [2.24, 2.45) is 0 Å². The van der Waals surface area contributed by atoms with Crippen LogP contribution in [-0.4, -0.2) is 35.4 Å². The molecule has 1 amide bonds. The zero-order chi connectivity index (χ0) is 22.2. The molecule has 2 heterocycles. The number of carbonyl (C=O) groups excluding carboxylic acids is 1. The molecule has 1 saturated heterocycles. The number of fused-ring (bicyclic) bond motifs is 1. The van der Waals surface area contributed by atoms with Crippen LogP contribution in [0.25, 0.3) is 0 Å². The fourth-order valence-electron chi connectivity index (χ4n) is 4.12. The summed E-state index contributed by atoms with van der Waals surface area (Å²) in [5.74, 6) is 0.849. The molecule has 1 fully saturated rings. The van der Waals surface area contributed by atoms with E-state index in [1.165, 1.54) is 16.7 Å². The maximum absolute atomic E-state index is 13.3. The Kier molecular flexibility index (Phi) is 5.69. The van der Waals surface area contributed by atoms with Gasteiger partial charge in [0.15, 0.2) is 17.2 Å². The maximum atomic E-state index is 13.3. The Bertz CT molecular complexity index is 1090. The highest BCUT2D eigenvalue weighted by molar-refractivity contribution is 8.03. The number of benzene rings is 2. The van der Waals surface area contributed by atoms with Gasteiger partial charge in [0.1, 0.15) is 0 Å². The van der Waals surface area contributed by atoms with Gasteiger partial charge in [0.05, 0.1) is 36.1 Å². The summed E-state index contributed by atoms with van der Waals surface area (Å²) in [6.45, 7) is 4.37. The largest absolute Gasteiger partial charge is 0.493 e. The number of carbonyl (C=O) groups is 1. The molecule has 0 aromatic heterocycles. The number of thioether (sulfide) groups is 1. The minimum Gasteiger partial charge on any atom is -0.493 e. The fourth-order valence-corrected chi connectivity index (χ4v) is 5.48. The van der Waals surface area contributed by atoms with Crippen molar-refractivity contribution in [3.05, 3.63) is 69.8 Å². The van der Waals surface area contributed by atoms with Crippen LogP contribution in [0, 0.1) is 18.3 Å². The molecule has 6 nitrogen and oxygen atoms in total. The quantitative estimate of drug-likeness (QED) is 0.762. The monoisotopic (exact) mass is 436 g/mol. The predicted molar refractivity (Wildman–Crippen MR) is 119 cm³/mol. The summed E-state index contributed by atoms with van der Waals surface area (Å²) in [5.41, 5.74) is 1.55. The number of hydrogen-bond donors (Lipinski definition) is 1. The molecule has 2 atom stereocenters. The average Bonchev–Trinajstić information content (AvgIpc) is 3.13. The van der Waals surface area contributed by atoms with Gasteiger partial charge in [-0.3, -0.25) is 9.69 Å². The molecular weight excluding hydrogens is 412 g/mol. The molecule has 31 heavy (non-hydrogen) atoms. The van der Waals surface area contributed by atoms with Crippen LogP contribution in [0.4, 0.5) is 0 Å². The average molecular weight is 437 g/mol. The molecule has 4 rings (SSSR count). The van der Waals surface area contributed by atoms with Crippen molar-refractivity contribution in [2.45, 2.75) is 31.9 Å². The van der Waals surface area contributed by atoms with Gasteiger partial charge in [0.25, 0.3) is 0 Å². The van der Waals surface area contributed by atoms with E-state index in [0.717, 1.165) is 11.1 Å². The first-order valence-corrected chi connectivity index (χ1v) is 11.1. The Balaban J connectivity index is 1.76. The summed E-state index contributed by atoms with van der Waals surface area (Å²) in [4.78, 5) is 14.7. The van der Waals surface area contributed by atoms with Crippen LogP contribution in [-0.2, 0) is 10.5 Å². The third kappa shape index (κ3) is 3.56. The van der Waals surface area contributed by atoms with Crippen LogP contribution in [0.5, 0.6) is 11.5 Å². The van der Waals surface area contributed by atoms with E-state index in [-0.39, 0.29) is 18.1 Å². The highest BCUT2D eigenvalue weighted by atomic mass is 32.2. The normalized spacial score (nSPS) is 22.9. The van der Waals surface area contributed by atoms with Crippen LogP contribution in [0.1, 0.15) is 36.0 Å². The molecule has 160 valence electrons. The first-order chi connectivity index (χ1) is 14.9. The van der Waals surface area contributed by atoms with Crippen molar-refractivity contribution in [3.8, 4) is 17.6 Å². The van der Waals surface area contributed by atoms with E-state index in [0.29, 0.717) is 34.3 Å². The molecule has 0 radical (unpaired) electrons. The van der Waals surface area contributed by atoms with Crippen LogP contribution in [0.3, 0.4) is 0 Å². The molecule has 0 aliphatic carbocycles. The molecule has 2 aromatic rings. The van der Waals surface area contributed by atoms with Crippen LogP contribution in [0.15, 0.2) is 53.1 Å². The number of rotatable bonds is 5. The summed E-state index contributed by atoms with van der Waals surface area (Å²) in [7, 11) is 1.56. The second-order valence-corrected chi connectivity index (χ2v) is 8.60. The smallest absolute Gasteiger partial charge is 0.231 e. The third-order valence-electron chi connectivity index (χ3n) is 5.71. The third-order valence-corrected chi connectivity index (χ3v) is 6.94. The fraction of sp³-hybridized carbons (Fsp3) is 0.333. The van der Waals surface area contributed by atoms with Crippen molar-refractivity contribution in [3.63, 3.8) is 0 Å². The molecule has 0 saturated carbocycles. The molecule has 0 spiro atoms. The molecule has 7 heteroatoms. The van der Waals surface area contributed by atoms with Crippen LogP contribution in [0.2, 0.25) is 0 Å². The lowest BCUT2D eigenvalue weighted by atomic mass is 9.85. The number of hydrogen-bond acceptors (Lipinski definition) is 6. The second kappa shape index (κ2) is 8.29. The lowest BCUT2D eigenvalue weighted by molar-refractivity contribution is -0.149. The first-order valence-electron chi connectivity index (χ1n) is 10.1. The number of amides is 1. The van der Waals surface area contributed by atoms with Crippen molar-refractivity contribution in [1.82, 2.24) is 4.90 Å². The van der Waals surface area contributed by atoms with Crippen LogP contribution < -0.4 is 9.47 Å². The van der Waals surface area contributed by atoms with E-state index in [2.05, 4.69) is 6.07 Å². The number of aryl methyl sites for hydroxylation is 1. The molecule has 0 bridgehead atoms. The zero-order valence-corrected chi connectivity index (χ0v) is 18.5. The predicted octanol–water partition coefficient (Wildman–Crippen LogP) is 4.05. The van der Waals surface area contributed by atoms with E-state index in [4.69, 9.17) is 9.47 Å². The lowest BCUT2D eigenvalue weighted by Crippen LogP contribution is -2.48. The molecule has 2 aromatic carbocycles. The highest BCUT2D eigenvalue weighted by Crippen LogP contribution is 2.52. The van der Waals surface area contributed by atoms with E-state index in [1.807, 2.05) is 50.2 Å². The van der Waals surface area contributed by atoms with Gasteiger partial charge in [-0.1, -0.05) is 35.9 Å². The van der Waals surface area contributed by atoms with E-state index in [9.17, 15) is 15.2 Å². The SMILES string of the molecule is CCOc1ccc([C@H]2CC(=O)N3C(=C2C#N)SC[C@]3(O)c2ccc(C)cc2)cc1OC.